The quantitative estimate of drug-likeness (QED) is 0.784. The van der Waals surface area contributed by atoms with Crippen LogP contribution in [-0.2, 0) is 16.1 Å². The van der Waals surface area contributed by atoms with E-state index in [1.807, 2.05) is 0 Å². The van der Waals surface area contributed by atoms with Gasteiger partial charge in [0, 0.05) is 0 Å². The van der Waals surface area contributed by atoms with Crippen LogP contribution in [0.4, 0.5) is 0 Å². The fourth-order valence-corrected chi connectivity index (χ4v) is 4.89. The van der Waals surface area contributed by atoms with Gasteiger partial charge >= 0.3 is 108 Å². The summed E-state index contributed by atoms with van der Waals surface area (Å²) in [6.07, 6.45) is 1.27. The van der Waals surface area contributed by atoms with Gasteiger partial charge in [0.05, 0.1) is 0 Å². The fourth-order valence-electron chi connectivity index (χ4n) is 1.83. The first-order valence-corrected chi connectivity index (χ1v) is 16.2. The van der Waals surface area contributed by atoms with Crippen molar-refractivity contribution in [2.24, 2.45) is 0 Å². The molecule has 0 amide bonds. The van der Waals surface area contributed by atoms with Gasteiger partial charge in [-0.05, 0) is 0 Å². The topological polar surface area (TPSA) is 31.4 Å². The number of hydrogen-bond donors (Lipinski definition) is 0. The second-order valence-corrected chi connectivity index (χ2v) is 19.9. The summed E-state index contributed by atoms with van der Waals surface area (Å²) in [5.41, 5.74) is 1.06. The number of rotatable bonds is 4. The van der Waals surface area contributed by atoms with Crippen molar-refractivity contribution in [2.75, 3.05) is 13.2 Å². The van der Waals surface area contributed by atoms with Gasteiger partial charge in [-0.25, -0.2) is 0 Å². The first kappa shape index (κ1) is 13.3. The maximum atomic E-state index is 5.79. The predicted molar refractivity (Wildman–Crippen MR) is 71.2 cm³/mol. The van der Waals surface area contributed by atoms with Gasteiger partial charge in [0.2, 0.25) is 0 Å². The Morgan fingerprint density at radius 3 is 2.88 bits per heavy atom. The summed E-state index contributed by atoms with van der Waals surface area (Å²) in [7, 11) is 0. The zero-order valence-corrected chi connectivity index (χ0v) is 13.8. The molecule has 0 N–H and O–H groups in total. The van der Waals surface area contributed by atoms with Gasteiger partial charge in [-0.15, -0.1) is 0 Å². The molecule has 1 atom stereocenters. The van der Waals surface area contributed by atoms with Crippen LogP contribution in [0, 0.1) is 0 Å². The van der Waals surface area contributed by atoms with Crippen molar-refractivity contribution < 1.29 is 9.47 Å². The molecule has 4 heteroatoms. The van der Waals surface area contributed by atoms with Crippen molar-refractivity contribution in [3.63, 3.8) is 0 Å². The van der Waals surface area contributed by atoms with Gasteiger partial charge in [0.1, 0.15) is 0 Å². The molecule has 0 saturated carbocycles. The fraction of sp³-hybridized carbons (Fsp3) is 0.615. The molecule has 1 saturated heterocycles. The molecule has 1 aromatic heterocycles. The van der Waals surface area contributed by atoms with E-state index in [0.29, 0.717) is 6.61 Å². The Bertz CT molecular complexity index is 370. The SMILES string of the molecule is [CH3][Sn]([CH3])([CH3])[c]1cccc(COC2CCOC2)n1. The minimum atomic E-state index is -2.04. The van der Waals surface area contributed by atoms with Gasteiger partial charge in [0.15, 0.2) is 0 Å². The Morgan fingerprint density at radius 2 is 2.24 bits per heavy atom. The summed E-state index contributed by atoms with van der Waals surface area (Å²) in [6, 6.07) is 6.32. The van der Waals surface area contributed by atoms with Crippen LogP contribution in [0.1, 0.15) is 12.1 Å². The van der Waals surface area contributed by atoms with Crippen molar-refractivity contribution in [1.29, 1.82) is 0 Å². The summed E-state index contributed by atoms with van der Waals surface area (Å²) in [4.78, 5) is 11.9. The van der Waals surface area contributed by atoms with Crippen molar-refractivity contribution in [3.05, 3.63) is 23.9 Å². The standard InChI is InChI=1S/C10H12NO2.3CH3.Sn/c1-2-5-11-9(3-1)7-13-10-4-6-12-8-10;;;;/h1-3,10H,4,6-8H2;3*1H3;. The van der Waals surface area contributed by atoms with Crippen LogP contribution in [0.3, 0.4) is 0 Å². The summed E-state index contributed by atoms with van der Waals surface area (Å²) < 4.78 is 12.4. The molecular formula is C13H21NO2Sn. The molecule has 0 spiro atoms. The van der Waals surface area contributed by atoms with Gasteiger partial charge < -0.3 is 0 Å². The molecule has 1 aliphatic heterocycles. The molecule has 0 aromatic carbocycles. The van der Waals surface area contributed by atoms with Crippen LogP contribution in [0.15, 0.2) is 18.2 Å². The second kappa shape index (κ2) is 5.67. The average Bonchev–Trinajstić information content (AvgIpc) is 2.78. The van der Waals surface area contributed by atoms with Crippen LogP contribution in [0.2, 0.25) is 14.8 Å². The molecule has 2 heterocycles. The van der Waals surface area contributed by atoms with E-state index in [-0.39, 0.29) is 6.10 Å². The molecule has 0 bridgehead atoms. The Balaban J connectivity index is 1.96. The van der Waals surface area contributed by atoms with Crippen molar-refractivity contribution in [2.45, 2.75) is 34.0 Å². The molecule has 0 radical (unpaired) electrons. The van der Waals surface area contributed by atoms with Crippen LogP contribution in [0.5, 0.6) is 0 Å². The second-order valence-electron chi connectivity index (χ2n) is 5.56. The third-order valence-corrected chi connectivity index (χ3v) is 8.11. The number of pyridine rings is 1. The monoisotopic (exact) mass is 343 g/mol. The number of ether oxygens (including phenoxy) is 2. The molecule has 0 aliphatic carbocycles. The molecule has 2 rings (SSSR count). The van der Waals surface area contributed by atoms with Crippen LogP contribution < -0.4 is 3.71 Å². The predicted octanol–water partition coefficient (Wildman–Crippen LogP) is 1.93. The average molecular weight is 342 g/mol. The van der Waals surface area contributed by atoms with Crippen LogP contribution in [0.25, 0.3) is 0 Å². The van der Waals surface area contributed by atoms with E-state index in [4.69, 9.17) is 14.5 Å². The maximum absolute atomic E-state index is 5.79. The number of nitrogens with zero attached hydrogens (tertiary/aromatic N) is 1. The van der Waals surface area contributed by atoms with Crippen molar-refractivity contribution >= 4 is 22.1 Å². The first-order chi connectivity index (χ1) is 8.05. The van der Waals surface area contributed by atoms with Crippen LogP contribution >= 0.6 is 0 Å². The van der Waals surface area contributed by atoms with Gasteiger partial charge in [-0.1, -0.05) is 0 Å². The molecule has 1 unspecified atom stereocenters. The number of aromatic nitrogens is 1. The number of hydrogen-bond acceptors (Lipinski definition) is 3. The van der Waals surface area contributed by atoms with Gasteiger partial charge in [-0.3, -0.25) is 0 Å². The van der Waals surface area contributed by atoms with E-state index in [9.17, 15) is 0 Å². The van der Waals surface area contributed by atoms with E-state index >= 15 is 0 Å². The Hall–Kier alpha value is -0.131. The molecule has 1 aromatic rings. The summed E-state index contributed by atoms with van der Waals surface area (Å²) in [5.74, 6) is 0. The van der Waals surface area contributed by atoms with E-state index in [1.165, 1.54) is 3.71 Å². The normalized spacial score (nSPS) is 20.8. The first-order valence-electron chi connectivity index (χ1n) is 6.21. The zero-order chi connectivity index (χ0) is 12.3. The van der Waals surface area contributed by atoms with E-state index in [2.05, 4.69) is 33.0 Å². The summed E-state index contributed by atoms with van der Waals surface area (Å²) >= 11 is -2.04. The third kappa shape index (κ3) is 3.93. The van der Waals surface area contributed by atoms with E-state index in [1.54, 1.807) is 0 Å². The van der Waals surface area contributed by atoms with Crippen LogP contribution in [-0.4, -0.2) is 42.7 Å². The summed E-state index contributed by atoms with van der Waals surface area (Å²) in [5, 5.41) is 0. The molecule has 94 valence electrons. The molecule has 3 nitrogen and oxygen atoms in total. The Kier molecular flexibility index (Phi) is 4.44. The summed E-state index contributed by atoms with van der Waals surface area (Å²) in [6.45, 7) is 2.18. The Morgan fingerprint density at radius 1 is 1.41 bits per heavy atom. The molecular weight excluding hydrogens is 321 g/mol. The van der Waals surface area contributed by atoms with Gasteiger partial charge in [-0.2, -0.15) is 0 Å². The van der Waals surface area contributed by atoms with E-state index in [0.717, 1.165) is 25.3 Å². The minimum absolute atomic E-state index is 0.263. The van der Waals surface area contributed by atoms with E-state index < -0.39 is 18.4 Å². The molecule has 17 heavy (non-hydrogen) atoms. The van der Waals surface area contributed by atoms with Gasteiger partial charge in [0.25, 0.3) is 0 Å². The molecule has 1 aliphatic rings. The van der Waals surface area contributed by atoms with Crippen molar-refractivity contribution in [1.82, 2.24) is 4.98 Å². The third-order valence-electron chi connectivity index (χ3n) is 2.93. The van der Waals surface area contributed by atoms with Crippen molar-refractivity contribution in [3.8, 4) is 0 Å². The molecule has 1 fully saturated rings. The zero-order valence-electron chi connectivity index (χ0n) is 10.9. The Labute approximate surface area is 107 Å².